The number of anilines is 2. The highest BCUT2D eigenvalue weighted by Gasteiger charge is 2.42. The number of aromatic hydroxyl groups is 1. The Morgan fingerprint density at radius 3 is 2.22 bits per heavy atom. The fourth-order valence-electron chi connectivity index (χ4n) is 6.28. The van der Waals surface area contributed by atoms with Crippen LogP contribution in [0.25, 0.3) is 10.9 Å². The minimum absolute atomic E-state index is 0.00241. The van der Waals surface area contributed by atoms with Crippen LogP contribution in [0.4, 0.5) is 11.6 Å². The van der Waals surface area contributed by atoms with Gasteiger partial charge in [-0.2, -0.15) is 9.97 Å². The van der Waals surface area contributed by atoms with Crippen LogP contribution in [0, 0.1) is 0 Å². The van der Waals surface area contributed by atoms with Crippen molar-refractivity contribution in [3.8, 4) is 29.3 Å². The first-order valence-corrected chi connectivity index (χ1v) is 17.8. The summed E-state index contributed by atoms with van der Waals surface area (Å²) in [5.74, 6) is 1.29. The molecule has 5 aromatic rings. The summed E-state index contributed by atoms with van der Waals surface area (Å²) < 4.78 is 13.7. The number of fused-ring (bicyclic) bond motifs is 1. The van der Waals surface area contributed by atoms with Crippen LogP contribution in [0.15, 0.2) is 83.7 Å². The third kappa shape index (κ3) is 7.34. The van der Waals surface area contributed by atoms with Crippen molar-refractivity contribution in [2.24, 2.45) is 7.05 Å². The Bertz CT molecular complexity index is 2080. The van der Waals surface area contributed by atoms with E-state index in [1.165, 1.54) is 6.07 Å². The van der Waals surface area contributed by atoms with Crippen molar-refractivity contribution < 1.29 is 19.4 Å². The van der Waals surface area contributed by atoms with Gasteiger partial charge in [0.15, 0.2) is 0 Å². The lowest BCUT2D eigenvalue weighted by molar-refractivity contribution is -0.118. The van der Waals surface area contributed by atoms with Gasteiger partial charge in [-0.1, -0.05) is 31.2 Å². The largest absolute Gasteiger partial charge is 0.508 e. The number of aryl methyl sites for hydroxylation is 1. The molecule has 0 spiro atoms. The van der Waals surface area contributed by atoms with Crippen LogP contribution >= 0.6 is 11.8 Å². The molecule has 1 N–H and O–H groups in total. The van der Waals surface area contributed by atoms with Crippen LogP contribution in [-0.4, -0.2) is 98.9 Å². The van der Waals surface area contributed by atoms with Gasteiger partial charge in [-0.15, -0.1) is 16.7 Å². The summed E-state index contributed by atoms with van der Waals surface area (Å²) in [7, 11) is 5.29. The van der Waals surface area contributed by atoms with Crippen molar-refractivity contribution in [3.63, 3.8) is 0 Å². The van der Waals surface area contributed by atoms with E-state index < -0.39 is 0 Å². The number of rotatable bonds is 10. The third-order valence-corrected chi connectivity index (χ3v) is 10.6. The van der Waals surface area contributed by atoms with Gasteiger partial charge in [-0.25, -0.2) is 0 Å². The molecule has 2 fully saturated rings. The zero-order valence-corrected chi connectivity index (χ0v) is 29.8. The molecule has 2 unspecified atom stereocenters. The van der Waals surface area contributed by atoms with Crippen molar-refractivity contribution in [1.29, 1.82) is 0 Å². The molecule has 2 aliphatic rings. The molecule has 264 valence electrons. The van der Waals surface area contributed by atoms with Gasteiger partial charge in [0, 0.05) is 71.0 Å². The van der Waals surface area contributed by atoms with Crippen molar-refractivity contribution >= 4 is 40.2 Å². The van der Waals surface area contributed by atoms with Gasteiger partial charge in [0.2, 0.25) is 11.9 Å². The highest BCUT2D eigenvalue weighted by Crippen LogP contribution is 2.46. The first-order valence-electron chi connectivity index (χ1n) is 16.9. The highest BCUT2D eigenvalue weighted by molar-refractivity contribution is 8.01. The van der Waals surface area contributed by atoms with Gasteiger partial charge in [0.05, 0.1) is 10.8 Å². The van der Waals surface area contributed by atoms with Gasteiger partial charge < -0.3 is 28.9 Å². The van der Waals surface area contributed by atoms with Gasteiger partial charge in [0.25, 0.3) is 5.56 Å². The minimum atomic E-state index is -0.261. The van der Waals surface area contributed by atoms with Crippen LogP contribution < -0.4 is 24.8 Å². The lowest BCUT2D eigenvalue weighted by atomic mass is 10.1. The average Bonchev–Trinajstić information content (AvgIpc) is 3.46. The second kappa shape index (κ2) is 14.6. The van der Waals surface area contributed by atoms with Crippen molar-refractivity contribution in [2.45, 2.75) is 17.5 Å². The molecular weight excluding hydrogens is 669 g/mol. The number of phenols is 1. The van der Waals surface area contributed by atoms with Crippen molar-refractivity contribution in [2.75, 3.05) is 63.2 Å². The molecule has 14 heteroatoms. The maximum absolute atomic E-state index is 14.1. The predicted molar refractivity (Wildman–Crippen MR) is 198 cm³/mol. The number of nitrogens with zero attached hydrogens (tertiary/aromatic N) is 8. The zero-order valence-electron chi connectivity index (χ0n) is 29.0. The number of carbonyl (C=O) groups excluding carboxylic acids is 1. The Labute approximate surface area is 300 Å². The van der Waals surface area contributed by atoms with E-state index in [9.17, 15) is 14.7 Å². The van der Waals surface area contributed by atoms with E-state index in [-0.39, 0.29) is 39.9 Å². The first kappa shape index (κ1) is 34.3. The standard InChI is InChI=1S/C37H40N8O5S/c1-5-43-18-20-44(21-19-43)23-31-33(48)45(34(51-31)24-10-14-26(46)15-11-24)25-12-16-27(17-13-25)49-36-38-35(41(2)3)39-37(40-36)50-30-22-32(47)42(4)29-9-7-6-8-28(29)30/h6-17,22,31,34,46H,5,18-21,23H2,1-4H3. The number of thioether (sulfide) groups is 1. The number of piperazine rings is 1. The number of hydrogen-bond acceptors (Lipinski definition) is 12. The number of pyridine rings is 1. The van der Waals surface area contributed by atoms with Crippen LogP contribution in [0.3, 0.4) is 0 Å². The number of para-hydroxylation sites is 1. The second-order valence-corrected chi connectivity index (χ2v) is 14.0. The maximum Gasteiger partial charge on any atom is 0.330 e. The SMILES string of the molecule is CCN1CCN(CC2SC(c3ccc(O)cc3)N(c3ccc(Oc4nc(Oc5cc(=O)n(C)c6ccccc56)nc(N(C)C)n4)cc3)C2=O)CC1. The van der Waals surface area contributed by atoms with E-state index in [1.54, 1.807) is 66.6 Å². The predicted octanol–water partition coefficient (Wildman–Crippen LogP) is 4.86. The van der Waals surface area contributed by atoms with Crippen LogP contribution in [0.1, 0.15) is 17.9 Å². The summed E-state index contributed by atoms with van der Waals surface area (Å²) in [5, 5.41) is 10.2. The normalized spacial score (nSPS) is 18.4. The van der Waals surface area contributed by atoms with Gasteiger partial charge >= 0.3 is 12.0 Å². The number of likely N-dealkylation sites (N-methyl/N-ethyl adjacent to an activating group) is 1. The molecule has 0 radical (unpaired) electrons. The van der Waals surface area contributed by atoms with E-state index in [2.05, 4.69) is 31.7 Å². The summed E-state index contributed by atoms with van der Waals surface area (Å²) in [4.78, 5) is 48.4. The molecule has 13 nitrogen and oxygen atoms in total. The lowest BCUT2D eigenvalue weighted by Crippen LogP contribution is -2.49. The van der Waals surface area contributed by atoms with Gasteiger partial charge in [-0.3, -0.25) is 19.4 Å². The number of aromatic nitrogens is 4. The van der Waals surface area contributed by atoms with Gasteiger partial charge in [-0.05, 0) is 60.6 Å². The fourth-order valence-corrected chi connectivity index (χ4v) is 7.78. The summed E-state index contributed by atoms with van der Waals surface area (Å²) in [6, 6.07) is 23.1. The molecule has 0 bridgehead atoms. The smallest absolute Gasteiger partial charge is 0.330 e. The van der Waals surface area contributed by atoms with Gasteiger partial charge in [0.1, 0.15) is 22.6 Å². The molecule has 2 atom stereocenters. The molecule has 51 heavy (non-hydrogen) atoms. The second-order valence-electron chi connectivity index (χ2n) is 12.7. The highest BCUT2D eigenvalue weighted by atomic mass is 32.2. The van der Waals surface area contributed by atoms with E-state index in [1.807, 2.05) is 53.4 Å². The number of phenolic OH excluding ortho intramolecular Hbond substituents is 1. The molecule has 0 saturated carbocycles. The fraction of sp³-hybridized carbons (Fsp3) is 0.324. The number of benzene rings is 3. The third-order valence-electron chi connectivity index (χ3n) is 9.18. The molecule has 0 aliphatic carbocycles. The molecule has 1 amide bonds. The molecular formula is C37H40N8O5S. The first-order chi connectivity index (χ1) is 24.7. The zero-order chi connectivity index (χ0) is 35.6. The summed E-state index contributed by atoms with van der Waals surface area (Å²) >= 11 is 1.64. The Hall–Kier alpha value is -5.18. The van der Waals surface area contributed by atoms with Crippen LogP contribution in [0.2, 0.25) is 0 Å². The minimum Gasteiger partial charge on any atom is -0.508 e. The Balaban J connectivity index is 1.13. The molecule has 4 heterocycles. The van der Waals surface area contributed by atoms with Crippen LogP contribution in [-0.2, 0) is 11.8 Å². The summed E-state index contributed by atoms with van der Waals surface area (Å²) in [6.45, 7) is 7.78. The number of carbonyl (C=O) groups is 1. The topological polar surface area (TPSA) is 129 Å². The molecule has 2 saturated heterocycles. The van der Waals surface area contributed by atoms with E-state index in [0.29, 0.717) is 29.5 Å². The quantitative estimate of drug-likeness (QED) is 0.213. The van der Waals surface area contributed by atoms with E-state index in [4.69, 9.17) is 9.47 Å². The Morgan fingerprint density at radius 1 is 0.863 bits per heavy atom. The van der Waals surface area contributed by atoms with E-state index in [0.717, 1.165) is 49.4 Å². The number of ether oxygens (including phenoxy) is 2. The maximum atomic E-state index is 14.1. The molecule has 2 aromatic heterocycles. The van der Waals surface area contributed by atoms with Crippen molar-refractivity contribution in [1.82, 2.24) is 29.3 Å². The Kier molecular flexibility index (Phi) is 9.80. The molecule has 7 rings (SSSR count). The average molecular weight is 709 g/mol. The molecule has 3 aromatic carbocycles. The number of amides is 1. The Morgan fingerprint density at radius 2 is 1.53 bits per heavy atom. The lowest BCUT2D eigenvalue weighted by Gasteiger charge is -2.34. The summed E-state index contributed by atoms with van der Waals surface area (Å²) in [5.41, 5.74) is 2.14. The van der Waals surface area contributed by atoms with Crippen molar-refractivity contribution in [3.05, 3.63) is 94.8 Å². The van der Waals surface area contributed by atoms with Crippen LogP contribution in [0.5, 0.6) is 29.3 Å². The monoisotopic (exact) mass is 708 g/mol. The van der Waals surface area contributed by atoms with E-state index >= 15 is 0 Å². The molecule has 2 aliphatic heterocycles. The summed E-state index contributed by atoms with van der Waals surface area (Å²) in [6.07, 6.45) is 0. The number of hydrogen-bond donors (Lipinski definition) is 1.